The number of rotatable bonds is 10. The fourth-order valence-electron chi connectivity index (χ4n) is 6.06. The number of nitrogens with zero attached hydrogens (tertiary/aromatic N) is 2. The maximum absolute atomic E-state index is 12.6. The SMILES string of the molecule is COc1c(C2CCN(CCCCNC(=O)c3ccc(-c4ccc(C=N)cc4)nc3)CC2)ccc2c1CCCC2. The van der Waals surface area contributed by atoms with Crippen molar-refractivity contribution in [3.05, 3.63) is 82.5 Å². The van der Waals surface area contributed by atoms with Crippen LogP contribution in [0.25, 0.3) is 11.3 Å². The molecule has 3 aromatic rings. The first-order valence-electron chi connectivity index (χ1n) is 14.4. The predicted octanol–water partition coefficient (Wildman–Crippen LogP) is 6.02. The maximum atomic E-state index is 12.6. The Balaban J connectivity index is 1.02. The number of carbonyl (C=O) groups is 1. The number of fused-ring (bicyclic) bond motifs is 1. The Labute approximate surface area is 232 Å². The van der Waals surface area contributed by atoms with Crippen LogP contribution < -0.4 is 10.1 Å². The van der Waals surface area contributed by atoms with Crippen LogP contribution in [-0.4, -0.2) is 55.3 Å². The average molecular weight is 525 g/mol. The number of piperidine rings is 1. The van der Waals surface area contributed by atoms with Gasteiger partial charge in [0.15, 0.2) is 0 Å². The van der Waals surface area contributed by atoms with Crippen LogP contribution in [0.2, 0.25) is 0 Å². The highest BCUT2D eigenvalue weighted by Crippen LogP contribution is 2.40. The number of nitrogens with one attached hydrogen (secondary N) is 2. The minimum Gasteiger partial charge on any atom is -0.496 e. The number of methoxy groups -OCH3 is 1. The second-order valence-electron chi connectivity index (χ2n) is 10.8. The van der Waals surface area contributed by atoms with E-state index in [0.717, 1.165) is 55.7 Å². The van der Waals surface area contributed by atoms with Gasteiger partial charge in [-0.25, -0.2) is 0 Å². The van der Waals surface area contributed by atoms with Gasteiger partial charge in [-0.3, -0.25) is 9.78 Å². The van der Waals surface area contributed by atoms with Crippen molar-refractivity contribution in [1.29, 1.82) is 5.41 Å². The van der Waals surface area contributed by atoms with Crippen molar-refractivity contribution < 1.29 is 9.53 Å². The summed E-state index contributed by atoms with van der Waals surface area (Å²) in [5.74, 6) is 1.68. The summed E-state index contributed by atoms with van der Waals surface area (Å²) in [4.78, 5) is 19.6. The zero-order chi connectivity index (χ0) is 27.0. The van der Waals surface area contributed by atoms with E-state index in [2.05, 4.69) is 27.3 Å². The van der Waals surface area contributed by atoms with Crippen molar-refractivity contribution in [2.24, 2.45) is 0 Å². The fourth-order valence-corrected chi connectivity index (χ4v) is 6.06. The van der Waals surface area contributed by atoms with Crippen molar-refractivity contribution in [3.63, 3.8) is 0 Å². The molecular formula is C33H40N4O2. The second kappa shape index (κ2) is 13.0. The number of carbonyl (C=O) groups excluding carboxylic acids is 1. The second-order valence-corrected chi connectivity index (χ2v) is 10.8. The molecule has 0 saturated carbocycles. The highest BCUT2D eigenvalue weighted by molar-refractivity contribution is 5.94. The van der Waals surface area contributed by atoms with Gasteiger partial charge in [0.1, 0.15) is 5.75 Å². The first kappa shape index (κ1) is 27.1. The molecule has 6 nitrogen and oxygen atoms in total. The zero-order valence-corrected chi connectivity index (χ0v) is 23.0. The van der Waals surface area contributed by atoms with E-state index in [1.807, 2.05) is 43.5 Å². The lowest BCUT2D eigenvalue weighted by Gasteiger charge is -2.33. The van der Waals surface area contributed by atoms with Crippen LogP contribution in [0, 0.1) is 5.41 Å². The van der Waals surface area contributed by atoms with E-state index >= 15 is 0 Å². The number of unbranched alkanes of at least 4 members (excludes halogenated alkanes) is 1. The summed E-state index contributed by atoms with van der Waals surface area (Å²) < 4.78 is 5.94. The van der Waals surface area contributed by atoms with Crippen LogP contribution in [0.1, 0.15) is 77.1 Å². The molecule has 1 saturated heterocycles. The highest BCUT2D eigenvalue weighted by atomic mass is 16.5. The van der Waals surface area contributed by atoms with E-state index in [-0.39, 0.29) is 5.91 Å². The fraction of sp³-hybridized carbons (Fsp3) is 0.424. The molecule has 5 rings (SSSR count). The monoisotopic (exact) mass is 524 g/mol. The molecule has 2 heterocycles. The standard InChI is InChI=1S/C33H40N4O2/c1-39-32-29-7-3-2-6-25(29)12-14-30(32)26-16-20-37(21-17-26)19-5-4-18-35-33(38)28-13-15-31(36-23-28)27-10-8-24(22-34)9-11-27/h8-15,22-23,26,34H,2-7,16-21H2,1H3,(H,35,38). The summed E-state index contributed by atoms with van der Waals surface area (Å²) >= 11 is 0. The van der Waals surface area contributed by atoms with Crippen molar-refractivity contribution in [1.82, 2.24) is 15.2 Å². The molecule has 204 valence electrons. The van der Waals surface area contributed by atoms with Crippen LogP contribution in [0.15, 0.2) is 54.7 Å². The summed E-state index contributed by atoms with van der Waals surface area (Å²) in [6.07, 6.45) is 12.3. The molecule has 1 fully saturated rings. The number of aryl methyl sites for hydroxylation is 1. The van der Waals surface area contributed by atoms with E-state index in [9.17, 15) is 4.79 Å². The third kappa shape index (κ3) is 6.56. The average Bonchev–Trinajstić information content (AvgIpc) is 3.00. The molecule has 2 N–H and O–H groups in total. The van der Waals surface area contributed by atoms with Crippen LogP contribution >= 0.6 is 0 Å². The number of likely N-dealkylation sites (tertiary alicyclic amines) is 1. The topological polar surface area (TPSA) is 78.3 Å². The predicted molar refractivity (Wildman–Crippen MR) is 157 cm³/mol. The van der Waals surface area contributed by atoms with Crippen LogP contribution in [-0.2, 0) is 12.8 Å². The lowest BCUT2D eigenvalue weighted by atomic mass is 9.83. The molecule has 0 spiro atoms. The molecule has 6 heteroatoms. The zero-order valence-electron chi connectivity index (χ0n) is 23.0. The van der Waals surface area contributed by atoms with Gasteiger partial charge in [-0.15, -0.1) is 0 Å². The van der Waals surface area contributed by atoms with Crippen molar-refractivity contribution in [2.45, 2.75) is 57.3 Å². The molecule has 0 unspecified atom stereocenters. The smallest absolute Gasteiger partial charge is 0.252 e. The molecule has 39 heavy (non-hydrogen) atoms. The van der Waals surface area contributed by atoms with Crippen molar-refractivity contribution in [3.8, 4) is 17.0 Å². The van der Waals surface area contributed by atoms with Gasteiger partial charge in [-0.1, -0.05) is 36.4 Å². The first-order valence-corrected chi connectivity index (χ1v) is 14.4. The molecule has 0 bridgehead atoms. The molecule has 1 aliphatic heterocycles. The third-order valence-corrected chi connectivity index (χ3v) is 8.33. The van der Waals surface area contributed by atoms with Gasteiger partial charge in [0.25, 0.3) is 5.91 Å². The van der Waals surface area contributed by atoms with E-state index in [0.29, 0.717) is 18.0 Å². The van der Waals surface area contributed by atoms with E-state index < -0.39 is 0 Å². The van der Waals surface area contributed by atoms with Gasteiger partial charge in [0.2, 0.25) is 0 Å². The summed E-state index contributed by atoms with van der Waals surface area (Å²) in [5.41, 5.74) is 7.59. The maximum Gasteiger partial charge on any atom is 0.252 e. The van der Waals surface area contributed by atoms with Crippen molar-refractivity contribution in [2.75, 3.05) is 33.3 Å². The number of aromatic nitrogens is 1. The Hall–Kier alpha value is -3.51. The Morgan fingerprint density at radius 3 is 2.56 bits per heavy atom. The van der Waals surface area contributed by atoms with E-state index in [4.69, 9.17) is 10.1 Å². The quantitative estimate of drug-likeness (QED) is 0.251. The molecular weight excluding hydrogens is 484 g/mol. The molecule has 2 aliphatic rings. The number of benzene rings is 2. The first-order chi connectivity index (χ1) is 19.2. The summed E-state index contributed by atoms with van der Waals surface area (Å²) in [7, 11) is 1.84. The normalized spacial score (nSPS) is 15.9. The summed E-state index contributed by atoms with van der Waals surface area (Å²) in [6.45, 7) is 4.00. The largest absolute Gasteiger partial charge is 0.496 e. The number of hydrogen-bond donors (Lipinski definition) is 2. The molecule has 1 amide bonds. The van der Waals surface area contributed by atoms with Crippen LogP contribution in [0.5, 0.6) is 5.75 Å². The van der Waals surface area contributed by atoms with E-state index in [1.165, 1.54) is 60.8 Å². The van der Waals surface area contributed by atoms with Gasteiger partial charge in [0.05, 0.1) is 18.4 Å². The lowest BCUT2D eigenvalue weighted by Crippen LogP contribution is -2.34. The van der Waals surface area contributed by atoms with Gasteiger partial charge in [0, 0.05) is 24.5 Å². The van der Waals surface area contributed by atoms with Crippen LogP contribution in [0.4, 0.5) is 0 Å². The number of ether oxygens (including phenoxy) is 1. The number of amides is 1. The minimum absolute atomic E-state index is 0.0759. The molecule has 2 aromatic carbocycles. The molecule has 1 aromatic heterocycles. The Kier molecular flexibility index (Phi) is 9.04. The van der Waals surface area contributed by atoms with E-state index in [1.54, 1.807) is 6.20 Å². The van der Waals surface area contributed by atoms with Gasteiger partial charge >= 0.3 is 0 Å². The number of pyridine rings is 1. The highest BCUT2D eigenvalue weighted by Gasteiger charge is 2.26. The Bertz CT molecular complexity index is 1260. The summed E-state index contributed by atoms with van der Waals surface area (Å²) in [5, 5.41) is 10.4. The van der Waals surface area contributed by atoms with Crippen molar-refractivity contribution >= 4 is 12.1 Å². The van der Waals surface area contributed by atoms with Gasteiger partial charge in [-0.2, -0.15) is 0 Å². The third-order valence-electron chi connectivity index (χ3n) is 8.33. The molecule has 1 aliphatic carbocycles. The number of hydrogen-bond acceptors (Lipinski definition) is 5. The lowest BCUT2D eigenvalue weighted by molar-refractivity contribution is 0.0952. The Morgan fingerprint density at radius 2 is 1.85 bits per heavy atom. The van der Waals surface area contributed by atoms with Crippen LogP contribution in [0.3, 0.4) is 0 Å². The molecule has 0 radical (unpaired) electrons. The summed E-state index contributed by atoms with van der Waals surface area (Å²) in [6, 6.07) is 16.0. The van der Waals surface area contributed by atoms with Gasteiger partial charge < -0.3 is 20.4 Å². The molecule has 0 atom stereocenters. The Morgan fingerprint density at radius 1 is 1.05 bits per heavy atom. The minimum atomic E-state index is -0.0759. The van der Waals surface area contributed by atoms with Gasteiger partial charge in [-0.05, 0) is 111 Å².